The van der Waals surface area contributed by atoms with Gasteiger partial charge < -0.3 is 59.5 Å². The van der Waals surface area contributed by atoms with Crippen LogP contribution in [0.15, 0.2) is 0 Å². The van der Waals surface area contributed by atoms with E-state index in [2.05, 4.69) is 37.2 Å². The topological polar surface area (TPSA) is 353 Å². The number of hydrogen-bond donors (Lipinski definition) is 11. The van der Waals surface area contributed by atoms with Crippen molar-refractivity contribution in [3.63, 3.8) is 0 Å². The van der Waals surface area contributed by atoms with Crippen LogP contribution in [0.1, 0.15) is 65.7 Å². The first kappa shape index (κ1) is 42.7. The Kier molecular flexibility index (Phi) is 17.8. The number of primary amides is 3. The number of aliphatic carboxylic acids is 1. The molecule has 0 unspecified atom stereocenters. The molecule has 21 heteroatoms. The van der Waals surface area contributed by atoms with Crippen LogP contribution in [0.5, 0.6) is 0 Å². The lowest BCUT2D eigenvalue weighted by Gasteiger charge is -2.27. The molecule has 21 nitrogen and oxygen atoms in total. The molecular weight excluding hydrogens is 664 g/mol. The summed E-state index contributed by atoms with van der Waals surface area (Å²) in [6.45, 7) is 4.47. The molecule has 1 rings (SSSR count). The van der Waals surface area contributed by atoms with Gasteiger partial charge in [0.1, 0.15) is 30.2 Å². The van der Waals surface area contributed by atoms with Crippen LogP contribution in [0, 0.1) is 5.92 Å². The molecule has 50 heavy (non-hydrogen) atoms. The molecule has 0 saturated carbocycles. The molecule has 0 aliphatic carbocycles. The van der Waals surface area contributed by atoms with Gasteiger partial charge in [0, 0.05) is 12.8 Å². The first-order valence-electron chi connectivity index (χ1n) is 15.9. The highest BCUT2D eigenvalue weighted by molar-refractivity contribution is 5.98. The van der Waals surface area contributed by atoms with Crippen LogP contribution in [0.3, 0.4) is 0 Å². The maximum absolute atomic E-state index is 13.3. The van der Waals surface area contributed by atoms with Crippen LogP contribution in [0.4, 0.5) is 0 Å². The van der Waals surface area contributed by atoms with Gasteiger partial charge in [0.25, 0.3) is 0 Å². The summed E-state index contributed by atoms with van der Waals surface area (Å²) in [6, 6.07) is -7.71. The quantitative estimate of drug-likeness (QED) is 0.0501. The molecule has 6 atom stereocenters. The van der Waals surface area contributed by atoms with Crippen LogP contribution >= 0.6 is 0 Å². The van der Waals surface area contributed by atoms with E-state index in [1.54, 1.807) is 13.8 Å². The fraction of sp³-hybridized carbons (Fsp3) is 0.655. The number of carbonyl (C=O) groups excluding carboxylic acids is 9. The van der Waals surface area contributed by atoms with Gasteiger partial charge in [0.2, 0.25) is 53.2 Å². The Hall–Kier alpha value is -5.34. The second-order valence-electron chi connectivity index (χ2n) is 12.1. The molecule has 1 heterocycles. The van der Waals surface area contributed by atoms with Gasteiger partial charge in [0.15, 0.2) is 0 Å². The summed E-state index contributed by atoms with van der Waals surface area (Å²) >= 11 is 0. The molecule has 0 aromatic heterocycles. The molecule has 9 amide bonds. The highest BCUT2D eigenvalue weighted by Crippen LogP contribution is 2.08. The van der Waals surface area contributed by atoms with E-state index in [-0.39, 0.29) is 12.8 Å². The molecule has 0 aromatic rings. The predicted molar refractivity (Wildman–Crippen MR) is 173 cm³/mol. The van der Waals surface area contributed by atoms with Gasteiger partial charge in [0.05, 0.1) is 19.0 Å². The van der Waals surface area contributed by atoms with Crippen molar-refractivity contribution in [2.24, 2.45) is 23.1 Å². The SMILES string of the molecule is CC(C)[C@H](NC(=O)[C@H](CCC(N)=O)NC(=O)[C@H](CC(N)=O)NC(=O)[C@H](C)NC(=O)[C@H](CCC(=O)O)NC(=O)[C@@H]1CCCN1)C(=O)NCC(N)=O. The van der Waals surface area contributed by atoms with Crippen LogP contribution < -0.4 is 54.4 Å². The molecule has 14 N–H and O–H groups in total. The highest BCUT2D eigenvalue weighted by Gasteiger charge is 2.34. The van der Waals surface area contributed by atoms with Crippen molar-refractivity contribution >= 4 is 59.1 Å². The molecule has 1 aliphatic rings. The van der Waals surface area contributed by atoms with E-state index in [0.29, 0.717) is 13.0 Å². The second kappa shape index (κ2) is 20.9. The number of hydrogen-bond acceptors (Lipinski definition) is 11. The van der Waals surface area contributed by atoms with E-state index in [1.807, 2.05) is 0 Å². The lowest BCUT2D eigenvalue weighted by Crippen LogP contribution is -2.60. The second-order valence-corrected chi connectivity index (χ2v) is 12.1. The summed E-state index contributed by atoms with van der Waals surface area (Å²) in [6.07, 6.45) is -1.05. The van der Waals surface area contributed by atoms with Crippen molar-refractivity contribution in [1.82, 2.24) is 37.2 Å². The smallest absolute Gasteiger partial charge is 0.303 e. The summed E-state index contributed by atoms with van der Waals surface area (Å²) in [5.41, 5.74) is 15.5. The van der Waals surface area contributed by atoms with Crippen LogP contribution in [-0.2, 0) is 47.9 Å². The molecular formula is C29H48N10O11. The largest absolute Gasteiger partial charge is 0.481 e. The Morgan fingerprint density at radius 2 is 1.24 bits per heavy atom. The van der Waals surface area contributed by atoms with Crippen LogP contribution in [0.25, 0.3) is 0 Å². The molecule has 280 valence electrons. The van der Waals surface area contributed by atoms with Crippen molar-refractivity contribution in [3.05, 3.63) is 0 Å². The average molecular weight is 713 g/mol. The molecule has 1 saturated heterocycles. The monoisotopic (exact) mass is 712 g/mol. The standard InChI is InChI=1S/C29H48N10O11/c1-13(2)23(29(50)34-12-21(32)42)39-27(48)16(6-8-19(30)40)37-28(49)18(11-20(31)41)38-24(45)14(3)35-26(47)17(7-9-22(43)44)36-25(46)15-5-4-10-33-15/h13-18,23,33H,4-12H2,1-3H3,(H2,30,40)(H2,31,41)(H2,32,42)(H,34,50)(H,35,47)(H,36,46)(H,37,49)(H,38,45)(H,39,48)(H,43,44)/t14-,15-,16-,17-,18-,23-/m0/s1. The number of carboxylic acid groups (broad SMARTS) is 1. The zero-order chi connectivity index (χ0) is 38.1. The number of nitrogens with two attached hydrogens (primary N) is 3. The first-order chi connectivity index (χ1) is 23.3. The third-order valence-electron chi connectivity index (χ3n) is 7.44. The van der Waals surface area contributed by atoms with Gasteiger partial charge in [-0.25, -0.2) is 0 Å². The zero-order valence-corrected chi connectivity index (χ0v) is 28.2. The van der Waals surface area contributed by atoms with E-state index in [1.165, 1.54) is 6.92 Å². The molecule has 1 fully saturated rings. The van der Waals surface area contributed by atoms with Crippen molar-refractivity contribution in [3.8, 4) is 0 Å². The van der Waals surface area contributed by atoms with E-state index in [4.69, 9.17) is 22.3 Å². The summed E-state index contributed by atoms with van der Waals surface area (Å²) in [5, 5.41) is 26.1. The third-order valence-corrected chi connectivity index (χ3v) is 7.44. The zero-order valence-electron chi connectivity index (χ0n) is 28.2. The van der Waals surface area contributed by atoms with E-state index < -0.39 is 127 Å². The lowest BCUT2D eigenvalue weighted by molar-refractivity contribution is -0.138. The van der Waals surface area contributed by atoms with E-state index >= 15 is 0 Å². The maximum Gasteiger partial charge on any atom is 0.303 e. The fourth-order valence-electron chi connectivity index (χ4n) is 4.70. The predicted octanol–water partition coefficient (Wildman–Crippen LogP) is -5.55. The molecule has 0 bridgehead atoms. The summed E-state index contributed by atoms with van der Waals surface area (Å²) in [5.74, 6) is -9.67. The molecule has 0 radical (unpaired) electrons. The normalized spacial score (nSPS) is 16.8. The van der Waals surface area contributed by atoms with Gasteiger partial charge in [-0.3, -0.25) is 47.9 Å². The number of carboxylic acids is 1. The van der Waals surface area contributed by atoms with E-state index in [9.17, 15) is 47.9 Å². The van der Waals surface area contributed by atoms with Gasteiger partial charge >= 0.3 is 5.97 Å². The first-order valence-corrected chi connectivity index (χ1v) is 15.9. The molecule has 0 aromatic carbocycles. The summed E-state index contributed by atoms with van der Waals surface area (Å²) in [4.78, 5) is 123. The number of nitrogens with one attached hydrogen (secondary N) is 7. The van der Waals surface area contributed by atoms with E-state index in [0.717, 1.165) is 6.42 Å². The molecule has 0 spiro atoms. The lowest BCUT2D eigenvalue weighted by atomic mass is 10.0. The van der Waals surface area contributed by atoms with Gasteiger partial charge in [-0.05, 0) is 45.1 Å². The molecule has 1 aliphatic heterocycles. The Morgan fingerprint density at radius 3 is 1.76 bits per heavy atom. The summed E-state index contributed by atoms with van der Waals surface area (Å²) in [7, 11) is 0. The summed E-state index contributed by atoms with van der Waals surface area (Å²) < 4.78 is 0. The fourth-order valence-corrected chi connectivity index (χ4v) is 4.70. The Bertz CT molecular complexity index is 1300. The Balaban J connectivity index is 3.08. The average Bonchev–Trinajstić information content (AvgIpc) is 3.56. The number of carbonyl (C=O) groups is 10. The van der Waals surface area contributed by atoms with Crippen molar-refractivity contribution in [1.29, 1.82) is 0 Å². The number of amides is 9. The third kappa shape index (κ3) is 15.7. The van der Waals surface area contributed by atoms with Crippen LogP contribution in [-0.4, -0.2) is 114 Å². The van der Waals surface area contributed by atoms with Gasteiger partial charge in [-0.15, -0.1) is 0 Å². The maximum atomic E-state index is 13.3. The Labute approximate surface area is 287 Å². The van der Waals surface area contributed by atoms with Gasteiger partial charge in [-0.1, -0.05) is 13.8 Å². The van der Waals surface area contributed by atoms with Crippen LogP contribution in [0.2, 0.25) is 0 Å². The van der Waals surface area contributed by atoms with Crippen molar-refractivity contribution in [2.75, 3.05) is 13.1 Å². The minimum atomic E-state index is -1.70. The Morgan fingerprint density at radius 1 is 0.680 bits per heavy atom. The van der Waals surface area contributed by atoms with Gasteiger partial charge in [-0.2, -0.15) is 0 Å². The highest BCUT2D eigenvalue weighted by atomic mass is 16.4. The van der Waals surface area contributed by atoms with Crippen molar-refractivity contribution < 1.29 is 53.1 Å². The minimum Gasteiger partial charge on any atom is -0.481 e. The number of rotatable bonds is 22. The minimum absolute atomic E-state index is 0.292. The van der Waals surface area contributed by atoms with Crippen molar-refractivity contribution in [2.45, 2.75) is 102 Å².